The summed E-state index contributed by atoms with van der Waals surface area (Å²) in [5.74, 6) is 0.821. The molecule has 0 aliphatic heterocycles. The number of ether oxygens (including phenoxy) is 1. The van der Waals surface area contributed by atoms with Crippen molar-refractivity contribution in [3.8, 4) is 16.9 Å². The normalized spacial score (nSPS) is 10.8. The summed E-state index contributed by atoms with van der Waals surface area (Å²) in [5.41, 5.74) is 5.61. The van der Waals surface area contributed by atoms with E-state index in [1.54, 1.807) is 13.4 Å². The molecule has 0 spiro atoms. The Morgan fingerprint density at radius 1 is 0.800 bits per heavy atom. The van der Waals surface area contributed by atoms with Crippen LogP contribution in [0.3, 0.4) is 0 Å². The molecule has 0 unspecified atom stereocenters. The van der Waals surface area contributed by atoms with Gasteiger partial charge in [0.1, 0.15) is 12.1 Å². The minimum Gasteiger partial charge on any atom is -0.497 e. The molecule has 25 heavy (non-hydrogen) atoms. The van der Waals surface area contributed by atoms with Gasteiger partial charge < -0.3 is 4.74 Å². The van der Waals surface area contributed by atoms with Crippen molar-refractivity contribution < 1.29 is 4.74 Å². The molecule has 1 heterocycles. The first-order valence-electron chi connectivity index (χ1n) is 8.25. The summed E-state index contributed by atoms with van der Waals surface area (Å²) in [5, 5.41) is 1.03. The molecule has 4 aromatic rings. The molecular formula is C22H18N2O. The maximum absolute atomic E-state index is 5.35. The Kier molecular flexibility index (Phi) is 4.13. The zero-order chi connectivity index (χ0) is 17.1. The first-order chi connectivity index (χ1) is 12.3. The van der Waals surface area contributed by atoms with E-state index in [1.807, 2.05) is 24.3 Å². The number of fused-ring (bicyclic) bond motifs is 1. The second kappa shape index (κ2) is 6.73. The molecule has 0 aliphatic carbocycles. The number of aromatic nitrogens is 2. The van der Waals surface area contributed by atoms with E-state index >= 15 is 0 Å². The van der Waals surface area contributed by atoms with Crippen molar-refractivity contribution in [3.63, 3.8) is 0 Å². The summed E-state index contributed by atoms with van der Waals surface area (Å²) in [6, 6.07) is 24.9. The fraction of sp³-hybridized carbons (Fsp3) is 0.0909. The van der Waals surface area contributed by atoms with Crippen LogP contribution in [0.5, 0.6) is 5.75 Å². The van der Waals surface area contributed by atoms with E-state index in [9.17, 15) is 0 Å². The Balaban J connectivity index is 1.72. The minimum atomic E-state index is 0.757. The van der Waals surface area contributed by atoms with Crippen LogP contribution in [0, 0.1) is 0 Å². The van der Waals surface area contributed by atoms with E-state index < -0.39 is 0 Å². The third-order valence-electron chi connectivity index (χ3n) is 4.33. The molecule has 0 atom stereocenters. The van der Waals surface area contributed by atoms with Crippen LogP contribution in [0.1, 0.15) is 11.3 Å². The van der Waals surface area contributed by atoms with Gasteiger partial charge in [0, 0.05) is 11.8 Å². The molecule has 0 N–H and O–H groups in total. The lowest BCUT2D eigenvalue weighted by molar-refractivity contribution is 0.415. The maximum Gasteiger partial charge on any atom is 0.119 e. The van der Waals surface area contributed by atoms with Gasteiger partial charge in [-0.25, -0.2) is 9.97 Å². The standard InChI is InChI=1S/C22H18N2O/c1-25-19-10-11-21-20(14-19)22(24-15-23-21)13-16-6-5-9-18(12-16)17-7-3-2-4-8-17/h2-12,14-15H,13H2,1H3. The van der Waals surface area contributed by atoms with Gasteiger partial charge in [-0.05, 0) is 34.9 Å². The first-order valence-corrected chi connectivity index (χ1v) is 8.25. The van der Waals surface area contributed by atoms with Crippen LogP contribution < -0.4 is 4.74 Å². The van der Waals surface area contributed by atoms with Gasteiger partial charge in [-0.2, -0.15) is 0 Å². The first kappa shape index (κ1) is 15.3. The Bertz CT molecular complexity index is 1010. The third kappa shape index (κ3) is 3.22. The molecule has 0 amide bonds. The lowest BCUT2D eigenvalue weighted by Crippen LogP contribution is -1.96. The summed E-state index contributed by atoms with van der Waals surface area (Å²) in [6.45, 7) is 0. The lowest BCUT2D eigenvalue weighted by Gasteiger charge is -2.09. The van der Waals surface area contributed by atoms with Gasteiger partial charge in [0.25, 0.3) is 0 Å². The van der Waals surface area contributed by atoms with Gasteiger partial charge in [0.15, 0.2) is 0 Å². The average Bonchev–Trinajstić information content (AvgIpc) is 2.69. The van der Waals surface area contributed by atoms with Gasteiger partial charge in [-0.1, -0.05) is 54.6 Å². The largest absolute Gasteiger partial charge is 0.497 e. The van der Waals surface area contributed by atoms with Crippen LogP contribution in [-0.4, -0.2) is 17.1 Å². The second-order valence-corrected chi connectivity index (χ2v) is 5.95. The van der Waals surface area contributed by atoms with E-state index in [0.29, 0.717) is 0 Å². The Hall–Kier alpha value is -3.20. The molecule has 0 radical (unpaired) electrons. The van der Waals surface area contributed by atoms with Gasteiger partial charge in [-0.3, -0.25) is 0 Å². The molecule has 1 aromatic heterocycles. The fourth-order valence-electron chi connectivity index (χ4n) is 3.04. The molecule has 0 aliphatic rings. The Morgan fingerprint density at radius 2 is 1.64 bits per heavy atom. The highest BCUT2D eigenvalue weighted by atomic mass is 16.5. The summed E-state index contributed by atoms with van der Waals surface area (Å²) in [6.07, 6.45) is 2.39. The quantitative estimate of drug-likeness (QED) is 0.535. The topological polar surface area (TPSA) is 35.0 Å². The smallest absolute Gasteiger partial charge is 0.119 e. The zero-order valence-electron chi connectivity index (χ0n) is 14.0. The van der Waals surface area contributed by atoms with E-state index in [-0.39, 0.29) is 0 Å². The highest BCUT2D eigenvalue weighted by Gasteiger charge is 2.07. The molecule has 122 valence electrons. The van der Waals surface area contributed by atoms with E-state index in [0.717, 1.165) is 28.8 Å². The van der Waals surface area contributed by atoms with Gasteiger partial charge in [-0.15, -0.1) is 0 Å². The monoisotopic (exact) mass is 326 g/mol. The Morgan fingerprint density at radius 3 is 2.48 bits per heavy atom. The summed E-state index contributed by atoms with van der Waals surface area (Å²) in [4.78, 5) is 8.87. The van der Waals surface area contributed by atoms with Crippen LogP contribution in [0.2, 0.25) is 0 Å². The van der Waals surface area contributed by atoms with Crippen molar-refractivity contribution in [2.75, 3.05) is 7.11 Å². The molecule has 0 bridgehead atoms. The van der Waals surface area contributed by atoms with Crippen LogP contribution in [0.25, 0.3) is 22.0 Å². The van der Waals surface area contributed by atoms with Gasteiger partial charge in [0.05, 0.1) is 18.3 Å². The van der Waals surface area contributed by atoms with Crippen molar-refractivity contribution >= 4 is 10.9 Å². The van der Waals surface area contributed by atoms with Crippen molar-refractivity contribution in [3.05, 3.63) is 90.4 Å². The SMILES string of the molecule is COc1ccc2ncnc(Cc3cccc(-c4ccccc4)c3)c2c1. The molecular weight excluding hydrogens is 308 g/mol. The summed E-state index contributed by atoms with van der Waals surface area (Å²) >= 11 is 0. The minimum absolute atomic E-state index is 0.757. The fourth-order valence-corrected chi connectivity index (χ4v) is 3.04. The number of hydrogen-bond acceptors (Lipinski definition) is 3. The van der Waals surface area contributed by atoms with Crippen molar-refractivity contribution in [1.29, 1.82) is 0 Å². The van der Waals surface area contributed by atoms with Crippen LogP contribution >= 0.6 is 0 Å². The van der Waals surface area contributed by atoms with E-state index in [1.165, 1.54) is 16.7 Å². The summed E-state index contributed by atoms with van der Waals surface area (Å²) < 4.78 is 5.35. The van der Waals surface area contributed by atoms with E-state index in [2.05, 4.69) is 58.5 Å². The van der Waals surface area contributed by atoms with E-state index in [4.69, 9.17) is 4.74 Å². The lowest BCUT2D eigenvalue weighted by atomic mass is 10.00. The molecule has 0 saturated carbocycles. The average molecular weight is 326 g/mol. The van der Waals surface area contributed by atoms with Gasteiger partial charge >= 0.3 is 0 Å². The predicted octanol–water partition coefficient (Wildman–Crippen LogP) is 4.90. The number of benzene rings is 3. The molecule has 4 rings (SSSR count). The zero-order valence-corrected chi connectivity index (χ0v) is 14.0. The highest BCUT2D eigenvalue weighted by Crippen LogP contribution is 2.25. The number of hydrogen-bond donors (Lipinski definition) is 0. The second-order valence-electron chi connectivity index (χ2n) is 5.95. The van der Waals surface area contributed by atoms with Gasteiger partial charge in [0.2, 0.25) is 0 Å². The van der Waals surface area contributed by atoms with Crippen molar-refractivity contribution in [2.24, 2.45) is 0 Å². The van der Waals surface area contributed by atoms with Crippen LogP contribution in [0.4, 0.5) is 0 Å². The predicted molar refractivity (Wildman–Crippen MR) is 101 cm³/mol. The molecule has 0 fully saturated rings. The maximum atomic E-state index is 5.35. The molecule has 3 nitrogen and oxygen atoms in total. The number of methoxy groups -OCH3 is 1. The van der Waals surface area contributed by atoms with Crippen molar-refractivity contribution in [2.45, 2.75) is 6.42 Å². The molecule has 3 aromatic carbocycles. The van der Waals surface area contributed by atoms with Crippen LogP contribution in [0.15, 0.2) is 79.1 Å². The number of nitrogens with zero attached hydrogens (tertiary/aromatic N) is 2. The number of rotatable bonds is 4. The Labute approximate surface area is 147 Å². The highest BCUT2D eigenvalue weighted by molar-refractivity contribution is 5.82. The molecule has 0 saturated heterocycles. The van der Waals surface area contributed by atoms with Crippen LogP contribution in [-0.2, 0) is 6.42 Å². The van der Waals surface area contributed by atoms with Crippen molar-refractivity contribution in [1.82, 2.24) is 9.97 Å². The molecule has 3 heteroatoms. The third-order valence-corrected chi connectivity index (χ3v) is 4.33. The summed E-state index contributed by atoms with van der Waals surface area (Å²) in [7, 11) is 1.67.